The predicted molar refractivity (Wildman–Crippen MR) is 74.1 cm³/mol. The predicted octanol–water partition coefficient (Wildman–Crippen LogP) is 3.88. The summed E-state index contributed by atoms with van der Waals surface area (Å²) < 4.78 is 0. The molecule has 0 aliphatic heterocycles. The second-order valence-corrected chi connectivity index (χ2v) is 5.98. The van der Waals surface area contributed by atoms with Gasteiger partial charge in [-0.1, -0.05) is 6.58 Å². The van der Waals surface area contributed by atoms with Gasteiger partial charge in [0.15, 0.2) is 0 Å². The Labute approximate surface area is 101 Å². The molecule has 0 unspecified atom stereocenters. The Balaban J connectivity index is 5.34. The molecule has 0 heterocycles. The van der Waals surface area contributed by atoms with Crippen LogP contribution in [-0.2, 0) is 0 Å². The maximum atomic E-state index is 4.79. The third-order valence-electron chi connectivity index (χ3n) is 2.18. The highest BCUT2D eigenvalue weighted by molar-refractivity contribution is 5.97. The van der Waals surface area contributed by atoms with Gasteiger partial charge in [-0.2, -0.15) is 0 Å². The lowest BCUT2D eigenvalue weighted by Crippen LogP contribution is -2.43. The molecular weight excluding hydrogens is 196 g/mol. The lowest BCUT2D eigenvalue weighted by atomic mass is 10.1. The average Bonchev–Trinajstić information content (AvgIpc) is 1.98. The highest BCUT2D eigenvalue weighted by atomic mass is 15.2. The summed E-state index contributed by atoms with van der Waals surface area (Å²) in [5.74, 6) is 1.04. The third kappa shape index (κ3) is 4.82. The van der Waals surface area contributed by atoms with E-state index < -0.39 is 0 Å². The second kappa shape index (κ2) is 5.51. The van der Waals surface area contributed by atoms with E-state index in [1.807, 2.05) is 6.92 Å². The Hall–Kier alpha value is -0.790. The van der Waals surface area contributed by atoms with Crippen molar-refractivity contribution in [3.8, 4) is 0 Å². The van der Waals surface area contributed by atoms with Gasteiger partial charge in [-0.05, 0) is 61.0 Å². The highest BCUT2D eigenvalue weighted by Gasteiger charge is 2.21. The van der Waals surface area contributed by atoms with Crippen molar-refractivity contribution < 1.29 is 0 Å². The molecule has 0 spiro atoms. The van der Waals surface area contributed by atoms with Crippen LogP contribution in [0.1, 0.15) is 55.4 Å². The van der Waals surface area contributed by atoms with Crippen molar-refractivity contribution in [1.29, 1.82) is 0 Å². The zero-order valence-electron chi connectivity index (χ0n) is 12.3. The van der Waals surface area contributed by atoms with Gasteiger partial charge >= 0.3 is 0 Å². The van der Waals surface area contributed by atoms with E-state index in [1.165, 1.54) is 0 Å². The summed E-state index contributed by atoms with van der Waals surface area (Å²) in [6.07, 6.45) is 0. The molecule has 0 aliphatic rings. The summed E-state index contributed by atoms with van der Waals surface area (Å²) in [7, 11) is 0. The maximum Gasteiger partial charge on any atom is 0.126 e. The topological polar surface area (TPSA) is 15.6 Å². The summed E-state index contributed by atoms with van der Waals surface area (Å²) in [6.45, 7) is 21.2. The highest BCUT2D eigenvalue weighted by Crippen LogP contribution is 2.16. The zero-order valence-corrected chi connectivity index (χ0v) is 12.3. The van der Waals surface area contributed by atoms with Gasteiger partial charge in [0.25, 0.3) is 0 Å². The largest absolute Gasteiger partial charge is 0.352 e. The molecule has 16 heavy (non-hydrogen) atoms. The molecule has 0 radical (unpaired) electrons. The van der Waals surface area contributed by atoms with E-state index in [9.17, 15) is 0 Å². The van der Waals surface area contributed by atoms with Gasteiger partial charge in [-0.3, -0.25) is 4.99 Å². The van der Waals surface area contributed by atoms with E-state index in [1.54, 1.807) is 0 Å². The molecule has 0 aliphatic carbocycles. The number of hydrogen-bond donors (Lipinski definition) is 0. The Bertz CT molecular complexity index is 259. The molecule has 0 aromatic carbocycles. The van der Waals surface area contributed by atoms with Crippen molar-refractivity contribution >= 4 is 5.84 Å². The summed E-state index contributed by atoms with van der Waals surface area (Å²) in [5, 5.41) is 0. The van der Waals surface area contributed by atoms with Crippen LogP contribution in [0.15, 0.2) is 17.1 Å². The van der Waals surface area contributed by atoms with Crippen LogP contribution in [0, 0.1) is 0 Å². The molecule has 0 fully saturated rings. The van der Waals surface area contributed by atoms with Crippen molar-refractivity contribution in [3.63, 3.8) is 0 Å². The number of hydrogen-bond acceptors (Lipinski definition) is 1. The minimum absolute atomic E-state index is 0.0592. The van der Waals surface area contributed by atoms with E-state index in [0.29, 0.717) is 12.1 Å². The van der Waals surface area contributed by atoms with Crippen LogP contribution in [0.2, 0.25) is 0 Å². The van der Waals surface area contributed by atoms with Gasteiger partial charge in [0.2, 0.25) is 0 Å². The van der Waals surface area contributed by atoms with Crippen molar-refractivity contribution in [2.24, 2.45) is 4.99 Å². The molecule has 94 valence electrons. The first-order valence-corrected chi connectivity index (χ1v) is 6.10. The van der Waals surface area contributed by atoms with Crippen LogP contribution in [0.4, 0.5) is 0 Å². The first-order chi connectivity index (χ1) is 7.06. The number of amidine groups is 1. The normalized spacial score (nSPS) is 13.5. The van der Waals surface area contributed by atoms with Gasteiger partial charge in [0.1, 0.15) is 5.84 Å². The molecule has 0 saturated heterocycles. The monoisotopic (exact) mass is 224 g/mol. The quantitative estimate of drug-likeness (QED) is 0.525. The van der Waals surface area contributed by atoms with Gasteiger partial charge in [-0.25, -0.2) is 0 Å². The summed E-state index contributed by atoms with van der Waals surface area (Å²) >= 11 is 0. The lowest BCUT2D eigenvalue weighted by molar-refractivity contribution is 0.288. The number of rotatable bonds is 3. The van der Waals surface area contributed by atoms with Crippen molar-refractivity contribution in [3.05, 3.63) is 12.2 Å². The molecule has 2 nitrogen and oxygen atoms in total. The van der Waals surface area contributed by atoms with Gasteiger partial charge in [0.05, 0.1) is 5.54 Å². The zero-order chi connectivity index (χ0) is 13.1. The van der Waals surface area contributed by atoms with E-state index in [-0.39, 0.29) is 5.54 Å². The van der Waals surface area contributed by atoms with Crippen LogP contribution in [0.3, 0.4) is 0 Å². The molecule has 0 atom stereocenters. The first-order valence-electron chi connectivity index (χ1n) is 6.10. The fourth-order valence-corrected chi connectivity index (χ4v) is 1.78. The SMILES string of the molecule is C=C(C)C(=NC(C)(C)C)N(C(C)C)C(C)C. The van der Waals surface area contributed by atoms with Gasteiger partial charge in [0, 0.05) is 12.1 Å². The molecule has 0 rings (SSSR count). The summed E-state index contributed by atoms with van der Waals surface area (Å²) in [4.78, 5) is 7.12. The molecule has 0 bridgehead atoms. The first kappa shape index (κ1) is 15.2. The van der Waals surface area contributed by atoms with Crippen LogP contribution in [-0.4, -0.2) is 28.4 Å². The van der Waals surface area contributed by atoms with Gasteiger partial charge in [-0.15, -0.1) is 0 Å². The van der Waals surface area contributed by atoms with Gasteiger partial charge < -0.3 is 4.90 Å². The van der Waals surface area contributed by atoms with E-state index in [4.69, 9.17) is 4.99 Å². The molecular formula is C14H28N2. The molecule has 0 amide bonds. The van der Waals surface area contributed by atoms with Crippen molar-refractivity contribution in [2.75, 3.05) is 0 Å². The molecule has 0 aromatic heterocycles. The molecule has 0 aromatic rings. The van der Waals surface area contributed by atoms with E-state index in [2.05, 4.69) is 59.9 Å². The molecule has 2 heteroatoms. The minimum Gasteiger partial charge on any atom is -0.352 e. The van der Waals surface area contributed by atoms with Crippen LogP contribution >= 0.6 is 0 Å². The molecule has 0 saturated carbocycles. The molecule has 0 N–H and O–H groups in total. The van der Waals surface area contributed by atoms with E-state index >= 15 is 0 Å². The average molecular weight is 224 g/mol. The lowest BCUT2D eigenvalue weighted by Gasteiger charge is -2.35. The van der Waals surface area contributed by atoms with Crippen molar-refractivity contribution in [1.82, 2.24) is 4.90 Å². The fraction of sp³-hybridized carbons (Fsp3) is 0.786. The Morgan fingerprint density at radius 2 is 1.44 bits per heavy atom. The Kier molecular flexibility index (Phi) is 5.24. The summed E-state index contributed by atoms with van der Waals surface area (Å²) in [5.41, 5.74) is 0.980. The fourth-order valence-electron chi connectivity index (χ4n) is 1.78. The minimum atomic E-state index is -0.0592. The van der Waals surface area contributed by atoms with Crippen molar-refractivity contribution in [2.45, 2.75) is 73.0 Å². The van der Waals surface area contributed by atoms with Crippen LogP contribution in [0.25, 0.3) is 0 Å². The Morgan fingerprint density at radius 3 is 1.62 bits per heavy atom. The van der Waals surface area contributed by atoms with Crippen LogP contribution < -0.4 is 0 Å². The smallest absolute Gasteiger partial charge is 0.126 e. The number of aliphatic imine (C=N–C) groups is 1. The van der Waals surface area contributed by atoms with E-state index in [0.717, 1.165) is 11.4 Å². The maximum absolute atomic E-state index is 4.79. The summed E-state index contributed by atoms with van der Waals surface area (Å²) in [6, 6.07) is 0.885. The standard InChI is InChI=1S/C14H28N2/c1-10(2)13(15-14(7,8)9)16(11(3)4)12(5)6/h11-12H,1H2,2-9H3. The van der Waals surface area contributed by atoms with Crippen LogP contribution in [0.5, 0.6) is 0 Å². The third-order valence-corrected chi connectivity index (χ3v) is 2.18. The second-order valence-electron chi connectivity index (χ2n) is 5.98. The number of nitrogens with zero attached hydrogens (tertiary/aromatic N) is 2. The Morgan fingerprint density at radius 1 is 1.06 bits per heavy atom.